The van der Waals surface area contributed by atoms with Gasteiger partial charge in [-0.3, -0.25) is 24.0 Å². The molecule has 0 amide bonds. The summed E-state index contributed by atoms with van der Waals surface area (Å²) in [6, 6.07) is 6.07. The van der Waals surface area contributed by atoms with E-state index in [2.05, 4.69) is 0 Å². The topological polar surface area (TPSA) is 141 Å². The first kappa shape index (κ1) is 25.8. The molecule has 0 unspecified atom stereocenters. The summed E-state index contributed by atoms with van der Waals surface area (Å²) in [6.45, 7) is 5.63. The molecule has 1 aromatic carbocycles. The van der Waals surface area contributed by atoms with Crippen LogP contribution in [0, 0.1) is 0 Å². The minimum absolute atomic E-state index is 0.145. The van der Waals surface area contributed by atoms with Gasteiger partial charge in [-0.25, -0.2) is 0 Å². The van der Waals surface area contributed by atoms with Crippen LogP contribution in [0.5, 0.6) is 5.75 Å². The highest BCUT2D eigenvalue weighted by molar-refractivity contribution is 5.94. The Labute approximate surface area is 190 Å². The zero-order chi connectivity index (χ0) is 24.7. The molecule has 1 fully saturated rings. The maximum atomic E-state index is 11.8. The highest BCUT2D eigenvalue weighted by Gasteiger charge is 2.53. The van der Waals surface area contributed by atoms with Crippen molar-refractivity contribution in [1.82, 2.24) is 0 Å². The van der Waals surface area contributed by atoms with Crippen LogP contribution >= 0.6 is 0 Å². The number of esters is 4. The largest absolute Gasteiger partial charge is 0.463 e. The van der Waals surface area contributed by atoms with Gasteiger partial charge in [0, 0.05) is 33.3 Å². The summed E-state index contributed by atoms with van der Waals surface area (Å²) in [5.41, 5.74) is 0.448. The Morgan fingerprint density at radius 2 is 1.24 bits per heavy atom. The van der Waals surface area contributed by atoms with E-state index >= 15 is 0 Å². The molecule has 5 atom stereocenters. The molecule has 180 valence electrons. The van der Waals surface area contributed by atoms with Crippen LogP contribution in [-0.2, 0) is 42.9 Å². The summed E-state index contributed by atoms with van der Waals surface area (Å²) in [7, 11) is 0. The Morgan fingerprint density at radius 3 is 1.73 bits per heavy atom. The molecule has 0 spiro atoms. The summed E-state index contributed by atoms with van der Waals surface area (Å²) in [4.78, 5) is 58.2. The fourth-order valence-electron chi connectivity index (χ4n) is 3.19. The molecule has 11 heteroatoms. The Balaban J connectivity index is 2.43. The molecular weight excluding hydrogens is 440 g/mol. The third-order valence-electron chi connectivity index (χ3n) is 4.46. The van der Waals surface area contributed by atoms with Gasteiger partial charge in [-0.2, -0.15) is 0 Å². The average molecular weight is 466 g/mol. The summed E-state index contributed by atoms with van der Waals surface area (Å²) in [6.07, 6.45) is -6.39. The second-order valence-corrected chi connectivity index (χ2v) is 7.27. The number of benzene rings is 1. The van der Waals surface area contributed by atoms with E-state index in [0.717, 1.165) is 20.8 Å². The molecule has 11 nitrogen and oxygen atoms in total. The lowest BCUT2D eigenvalue weighted by atomic mass is 9.98. The smallest absolute Gasteiger partial charge is 0.303 e. The molecule has 0 bridgehead atoms. The SMILES string of the molecule is CC(=O)OC[C@@H]1O[C@H](Oc2ccc(C(C)=O)cc2)[C@@H](OC(C)=O)[C@@H](OC(C)=O)[C@@H]1OC(C)=O. The standard InChI is InChI=1S/C22H26O11/c1-11(23)16-6-8-17(9-7-16)32-22-21(31-15(5)27)20(30-14(4)26)19(29-13(3)25)18(33-22)10-28-12(2)24/h6-9,18-22H,10H2,1-5H3/t18-,19+,20-,21-,22-/m0/s1. The Morgan fingerprint density at radius 1 is 0.727 bits per heavy atom. The fourth-order valence-corrected chi connectivity index (χ4v) is 3.19. The Hall–Kier alpha value is -3.47. The van der Waals surface area contributed by atoms with Gasteiger partial charge in [0.05, 0.1) is 0 Å². The molecule has 0 aliphatic carbocycles. The number of ketones is 1. The van der Waals surface area contributed by atoms with E-state index in [4.69, 9.17) is 28.4 Å². The molecule has 33 heavy (non-hydrogen) atoms. The Kier molecular flexibility index (Phi) is 8.92. The monoisotopic (exact) mass is 466 g/mol. The number of ether oxygens (including phenoxy) is 6. The van der Waals surface area contributed by atoms with E-state index in [1.165, 1.54) is 38.1 Å². The molecule has 1 aliphatic heterocycles. The molecular formula is C22H26O11. The maximum absolute atomic E-state index is 11.8. The summed E-state index contributed by atoms with van der Waals surface area (Å²) < 4.78 is 32.6. The van der Waals surface area contributed by atoms with Crippen LogP contribution in [-0.4, -0.2) is 67.0 Å². The van der Waals surface area contributed by atoms with E-state index in [0.29, 0.717) is 5.56 Å². The second kappa shape index (κ2) is 11.4. The summed E-state index contributed by atoms with van der Waals surface area (Å²) >= 11 is 0. The van der Waals surface area contributed by atoms with Crippen LogP contribution in [0.15, 0.2) is 24.3 Å². The van der Waals surface area contributed by atoms with Gasteiger partial charge in [0.25, 0.3) is 0 Å². The van der Waals surface area contributed by atoms with Crippen LogP contribution in [0.1, 0.15) is 45.0 Å². The first-order chi connectivity index (χ1) is 15.5. The van der Waals surface area contributed by atoms with E-state index in [1.807, 2.05) is 0 Å². The molecule has 0 aromatic heterocycles. The van der Waals surface area contributed by atoms with E-state index in [9.17, 15) is 24.0 Å². The quantitative estimate of drug-likeness (QED) is 0.311. The van der Waals surface area contributed by atoms with Gasteiger partial charge in [0.2, 0.25) is 12.4 Å². The van der Waals surface area contributed by atoms with Gasteiger partial charge in [-0.15, -0.1) is 0 Å². The number of Topliss-reactive ketones (excluding diaryl/α,β-unsaturated/α-hetero) is 1. The van der Waals surface area contributed by atoms with Crippen molar-refractivity contribution in [3.8, 4) is 5.75 Å². The normalized spacial score (nSPS) is 24.2. The average Bonchev–Trinajstić information content (AvgIpc) is 2.70. The third kappa shape index (κ3) is 7.56. The lowest BCUT2D eigenvalue weighted by molar-refractivity contribution is -0.288. The molecule has 1 saturated heterocycles. The lowest BCUT2D eigenvalue weighted by Gasteiger charge is -2.43. The van der Waals surface area contributed by atoms with Crippen molar-refractivity contribution < 1.29 is 52.4 Å². The second-order valence-electron chi connectivity index (χ2n) is 7.27. The van der Waals surface area contributed by atoms with Gasteiger partial charge in [-0.05, 0) is 31.2 Å². The number of carbonyl (C=O) groups excluding carboxylic acids is 5. The van der Waals surface area contributed by atoms with Crippen LogP contribution in [0.25, 0.3) is 0 Å². The number of rotatable bonds is 8. The third-order valence-corrected chi connectivity index (χ3v) is 4.46. The number of hydrogen-bond acceptors (Lipinski definition) is 11. The van der Waals surface area contributed by atoms with Crippen molar-refractivity contribution in [3.05, 3.63) is 29.8 Å². The van der Waals surface area contributed by atoms with Gasteiger partial charge in [-0.1, -0.05) is 0 Å². The predicted octanol–water partition coefficient (Wildman–Crippen LogP) is 1.35. The minimum Gasteiger partial charge on any atom is -0.463 e. The van der Waals surface area contributed by atoms with Crippen molar-refractivity contribution in [3.63, 3.8) is 0 Å². The first-order valence-electron chi connectivity index (χ1n) is 10.1. The van der Waals surface area contributed by atoms with Crippen molar-refractivity contribution >= 4 is 29.7 Å². The number of carbonyl (C=O) groups is 5. The molecule has 0 N–H and O–H groups in total. The molecule has 2 rings (SSSR count). The molecule has 0 radical (unpaired) electrons. The molecule has 1 heterocycles. The summed E-state index contributed by atoms with van der Waals surface area (Å²) in [5.74, 6) is -2.72. The van der Waals surface area contributed by atoms with Crippen molar-refractivity contribution in [1.29, 1.82) is 0 Å². The maximum Gasteiger partial charge on any atom is 0.303 e. The zero-order valence-corrected chi connectivity index (χ0v) is 18.9. The molecule has 0 saturated carbocycles. The lowest BCUT2D eigenvalue weighted by Crippen LogP contribution is -2.63. The van der Waals surface area contributed by atoms with Gasteiger partial charge in [0.15, 0.2) is 18.0 Å². The highest BCUT2D eigenvalue weighted by atomic mass is 16.7. The van der Waals surface area contributed by atoms with Crippen LogP contribution in [0.2, 0.25) is 0 Å². The van der Waals surface area contributed by atoms with Crippen molar-refractivity contribution in [2.24, 2.45) is 0 Å². The first-order valence-corrected chi connectivity index (χ1v) is 10.1. The van der Waals surface area contributed by atoms with E-state index < -0.39 is 54.6 Å². The van der Waals surface area contributed by atoms with Crippen LogP contribution in [0.3, 0.4) is 0 Å². The number of hydrogen-bond donors (Lipinski definition) is 0. The predicted molar refractivity (Wildman–Crippen MR) is 109 cm³/mol. The van der Waals surface area contributed by atoms with Gasteiger partial charge in [0.1, 0.15) is 18.5 Å². The van der Waals surface area contributed by atoms with Gasteiger partial charge < -0.3 is 28.4 Å². The van der Waals surface area contributed by atoms with Gasteiger partial charge >= 0.3 is 23.9 Å². The highest BCUT2D eigenvalue weighted by Crippen LogP contribution is 2.31. The molecule has 1 aliphatic rings. The Bertz CT molecular complexity index is 892. The fraction of sp³-hybridized carbons (Fsp3) is 0.500. The van der Waals surface area contributed by atoms with Crippen LogP contribution in [0.4, 0.5) is 0 Å². The van der Waals surface area contributed by atoms with E-state index in [-0.39, 0.29) is 18.1 Å². The van der Waals surface area contributed by atoms with E-state index in [1.54, 1.807) is 0 Å². The van der Waals surface area contributed by atoms with Crippen LogP contribution < -0.4 is 4.74 Å². The minimum atomic E-state index is -1.34. The molecule has 1 aromatic rings. The summed E-state index contributed by atoms with van der Waals surface area (Å²) in [5, 5.41) is 0. The van der Waals surface area contributed by atoms with Crippen molar-refractivity contribution in [2.45, 2.75) is 65.3 Å². The van der Waals surface area contributed by atoms with Crippen molar-refractivity contribution in [2.75, 3.05) is 6.61 Å². The zero-order valence-electron chi connectivity index (χ0n) is 18.9.